The molecule has 0 saturated carbocycles. The molecule has 0 bridgehead atoms. The van der Waals surface area contributed by atoms with Gasteiger partial charge in [-0.2, -0.15) is 0 Å². The van der Waals surface area contributed by atoms with Crippen LogP contribution in [0, 0.1) is 5.82 Å². The van der Waals surface area contributed by atoms with Gasteiger partial charge in [0.15, 0.2) is 0 Å². The predicted molar refractivity (Wildman–Crippen MR) is 72.4 cm³/mol. The van der Waals surface area contributed by atoms with Crippen molar-refractivity contribution >= 4 is 29.3 Å². The van der Waals surface area contributed by atoms with E-state index in [0.717, 1.165) is 18.9 Å². The monoisotopic (exact) mass is 300 g/mol. The van der Waals surface area contributed by atoms with Gasteiger partial charge in [-0.3, -0.25) is 0 Å². The van der Waals surface area contributed by atoms with Crippen LogP contribution in [0.1, 0.15) is 19.3 Å². The summed E-state index contributed by atoms with van der Waals surface area (Å²) in [5, 5.41) is 11.7. The number of rotatable bonds is 2. The lowest BCUT2D eigenvalue weighted by Gasteiger charge is -2.32. The summed E-state index contributed by atoms with van der Waals surface area (Å²) >= 11 is 5.82. The number of carbonyl (C=O) groups is 2. The standard InChI is InChI=1S/C13H14ClFN2O3/c14-9-7-8(15)4-5-10(9)16-13(20)17-6-2-1-3-11(17)12(18)19/h4-5,7,11H,1-3,6H2,(H,16,20)(H,18,19). The van der Waals surface area contributed by atoms with Crippen molar-refractivity contribution in [1.82, 2.24) is 4.90 Å². The average molecular weight is 301 g/mol. The number of anilines is 1. The van der Waals surface area contributed by atoms with Crippen molar-refractivity contribution in [3.05, 3.63) is 29.0 Å². The van der Waals surface area contributed by atoms with Crippen LogP contribution in [0.15, 0.2) is 18.2 Å². The molecule has 108 valence electrons. The molecule has 2 amide bonds. The summed E-state index contributed by atoms with van der Waals surface area (Å²) in [4.78, 5) is 24.5. The first-order chi connectivity index (χ1) is 9.49. The zero-order valence-corrected chi connectivity index (χ0v) is 11.4. The Hall–Kier alpha value is -1.82. The highest BCUT2D eigenvalue weighted by Gasteiger charge is 2.32. The number of hydrogen-bond acceptors (Lipinski definition) is 2. The number of carboxylic acid groups (broad SMARTS) is 1. The minimum Gasteiger partial charge on any atom is -0.480 e. The molecule has 1 unspecified atom stereocenters. The molecule has 1 aromatic rings. The van der Waals surface area contributed by atoms with E-state index in [1.165, 1.54) is 17.0 Å². The third kappa shape index (κ3) is 3.19. The highest BCUT2D eigenvalue weighted by Crippen LogP contribution is 2.24. The number of nitrogens with one attached hydrogen (secondary N) is 1. The van der Waals surface area contributed by atoms with Crippen molar-refractivity contribution in [2.75, 3.05) is 11.9 Å². The molecule has 0 aliphatic carbocycles. The second-order valence-electron chi connectivity index (χ2n) is 4.60. The highest BCUT2D eigenvalue weighted by molar-refractivity contribution is 6.33. The van der Waals surface area contributed by atoms with E-state index < -0.39 is 23.9 Å². The van der Waals surface area contributed by atoms with E-state index >= 15 is 0 Å². The highest BCUT2D eigenvalue weighted by atomic mass is 35.5. The van der Waals surface area contributed by atoms with Crippen LogP contribution in [0.2, 0.25) is 5.02 Å². The maximum absolute atomic E-state index is 12.9. The largest absolute Gasteiger partial charge is 0.480 e. The van der Waals surface area contributed by atoms with Crippen molar-refractivity contribution in [2.24, 2.45) is 0 Å². The Balaban J connectivity index is 2.12. The molecule has 5 nitrogen and oxygen atoms in total. The van der Waals surface area contributed by atoms with Gasteiger partial charge in [-0.05, 0) is 37.5 Å². The van der Waals surface area contributed by atoms with Crippen LogP contribution in [-0.2, 0) is 4.79 Å². The number of urea groups is 1. The Labute approximate surface area is 120 Å². The molecule has 0 radical (unpaired) electrons. The van der Waals surface area contributed by atoms with Gasteiger partial charge in [0.05, 0.1) is 10.7 Å². The summed E-state index contributed by atoms with van der Waals surface area (Å²) in [6, 6.07) is 2.23. The maximum Gasteiger partial charge on any atom is 0.326 e. The number of amides is 2. The number of carbonyl (C=O) groups excluding carboxylic acids is 1. The topological polar surface area (TPSA) is 69.6 Å². The maximum atomic E-state index is 12.9. The van der Waals surface area contributed by atoms with Gasteiger partial charge in [0.25, 0.3) is 0 Å². The van der Waals surface area contributed by atoms with Crippen molar-refractivity contribution in [1.29, 1.82) is 0 Å². The lowest BCUT2D eigenvalue weighted by atomic mass is 10.0. The van der Waals surface area contributed by atoms with E-state index in [-0.39, 0.29) is 10.7 Å². The Bertz CT molecular complexity index is 538. The molecule has 0 spiro atoms. The number of likely N-dealkylation sites (tertiary alicyclic amines) is 1. The molecule has 1 atom stereocenters. The molecule has 2 rings (SSSR count). The number of halogens is 2. The van der Waals surface area contributed by atoms with Gasteiger partial charge in [-0.15, -0.1) is 0 Å². The number of benzene rings is 1. The van der Waals surface area contributed by atoms with E-state index in [2.05, 4.69) is 5.32 Å². The molecule has 1 fully saturated rings. The molecule has 1 aromatic carbocycles. The fourth-order valence-corrected chi connectivity index (χ4v) is 2.42. The summed E-state index contributed by atoms with van der Waals surface area (Å²) in [7, 11) is 0. The van der Waals surface area contributed by atoms with E-state index in [1.807, 2.05) is 0 Å². The van der Waals surface area contributed by atoms with E-state index in [1.54, 1.807) is 0 Å². The quantitative estimate of drug-likeness (QED) is 0.882. The van der Waals surface area contributed by atoms with E-state index in [9.17, 15) is 14.0 Å². The molecule has 1 aliphatic rings. The van der Waals surface area contributed by atoms with Gasteiger partial charge in [0, 0.05) is 6.54 Å². The molecular weight excluding hydrogens is 287 g/mol. The number of nitrogens with zero attached hydrogens (tertiary/aromatic N) is 1. The zero-order valence-electron chi connectivity index (χ0n) is 10.6. The summed E-state index contributed by atoms with van der Waals surface area (Å²) in [6.07, 6.45) is 1.96. The Morgan fingerprint density at radius 3 is 2.80 bits per heavy atom. The van der Waals surface area contributed by atoms with Gasteiger partial charge in [-0.25, -0.2) is 14.0 Å². The first-order valence-corrected chi connectivity index (χ1v) is 6.62. The van der Waals surface area contributed by atoms with Crippen molar-refractivity contribution in [3.63, 3.8) is 0 Å². The SMILES string of the molecule is O=C(O)C1CCCCN1C(=O)Nc1ccc(F)cc1Cl. The average Bonchev–Trinajstić information content (AvgIpc) is 2.41. The van der Waals surface area contributed by atoms with Crippen molar-refractivity contribution < 1.29 is 19.1 Å². The second-order valence-corrected chi connectivity index (χ2v) is 5.00. The summed E-state index contributed by atoms with van der Waals surface area (Å²) in [5.41, 5.74) is 0.257. The predicted octanol–water partition coefficient (Wildman–Crippen LogP) is 2.95. The zero-order chi connectivity index (χ0) is 14.7. The molecular formula is C13H14ClFN2O3. The minimum absolute atomic E-state index is 0.0715. The molecule has 1 heterocycles. The van der Waals surface area contributed by atoms with Crippen molar-refractivity contribution in [2.45, 2.75) is 25.3 Å². The van der Waals surface area contributed by atoms with Crippen LogP contribution in [0.5, 0.6) is 0 Å². The van der Waals surface area contributed by atoms with Gasteiger partial charge in [0.1, 0.15) is 11.9 Å². The molecule has 2 N–H and O–H groups in total. The van der Waals surface area contributed by atoms with Crippen molar-refractivity contribution in [3.8, 4) is 0 Å². The smallest absolute Gasteiger partial charge is 0.326 e. The molecule has 0 aromatic heterocycles. The Morgan fingerprint density at radius 1 is 1.40 bits per heavy atom. The first-order valence-electron chi connectivity index (χ1n) is 6.24. The second kappa shape index (κ2) is 6.09. The van der Waals surface area contributed by atoms with Gasteiger partial charge in [-0.1, -0.05) is 11.6 Å². The number of aliphatic carboxylic acids is 1. The van der Waals surface area contributed by atoms with Gasteiger partial charge < -0.3 is 15.3 Å². The van der Waals surface area contributed by atoms with Gasteiger partial charge >= 0.3 is 12.0 Å². The lowest BCUT2D eigenvalue weighted by molar-refractivity contribution is -0.143. The first kappa shape index (κ1) is 14.6. The number of carboxylic acids is 1. The fraction of sp³-hybridized carbons (Fsp3) is 0.385. The third-order valence-electron chi connectivity index (χ3n) is 3.22. The van der Waals surface area contributed by atoms with E-state index in [4.69, 9.17) is 16.7 Å². The summed E-state index contributed by atoms with van der Waals surface area (Å²) in [6.45, 7) is 0.377. The minimum atomic E-state index is -1.02. The van der Waals surface area contributed by atoms with Crippen LogP contribution >= 0.6 is 11.6 Å². The van der Waals surface area contributed by atoms with Crippen LogP contribution in [-0.4, -0.2) is 34.6 Å². The number of piperidine rings is 1. The third-order valence-corrected chi connectivity index (χ3v) is 3.53. The molecule has 7 heteroatoms. The Morgan fingerprint density at radius 2 is 2.15 bits per heavy atom. The summed E-state index contributed by atoms with van der Waals surface area (Å²) < 4.78 is 12.9. The van der Waals surface area contributed by atoms with Crippen LogP contribution in [0.4, 0.5) is 14.9 Å². The van der Waals surface area contributed by atoms with Gasteiger partial charge in [0.2, 0.25) is 0 Å². The normalized spacial score (nSPS) is 18.7. The fourth-order valence-electron chi connectivity index (χ4n) is 2.21. The molecule has 20 heavy (non-hydrogen) atoms. The van der Waals surface area contributed by atoms with E-state index in [0.29, 0.717) is 13.0 Å². The van der Waals surface area contributed by atoms with Crippen LogP contribution in [0.3, 0.4) is 0 Å². The lowest BCUT2D eigenvalue weighted by Crippen LogP contribution is -2.49. The Kier molecular flexibility index (Phi) is 4.44. The number of hydrogen-bond donors (Lipinski definition) is 2. The van der Waals surface area contributed by atoms with Crippen LogP contribution in [0.25, 0.3) is 0 Å². The summed E-state index contributed by atoms with van der Waals surface area (Å²) in [5.74, 6) is -1.53. The molecule has 1 aliphatic heterocycles. The molecule has 1 saturated heterocycles. The van der Waals surface area contributed by atoms with Crippen LogP contribution < -0.4 is 5.32 Å².